The SMILES string of the molecule is COc1ccc(C(=O)OCC(=O)N2C[C@@H](C)O[C@H](C)C2)cc1S(=O)(=O)N(C)C. The van der Waals surface area contributed by atoms with Crippen molar-refractivity contribution in [2.45, 2.75) is 31.0 Å². The fraction of sp³-hybridized carbons (Fsp3) is 0.556. The largest absolute Gasteiger partial charge is 0.495 e. The molecule has 0 aromatic heterocycles. The van der Waals surface area contributed by atoms with Crippen molar-refractivity contribution < 1.29 is 32.2 Å². The minimum Gasteiger partial charge on any atom is -0.495 e. The van der Waals surface area contributed by atoms with E-state index < -0.39 is 22.6 Å². The first-order valence-electron chi connectivity index (χ1n) is 8.77. The van der Waals surface area contributed by atoms with Gasteiger partial charge in [-0.1, -0.05) is 0 Å². The molecular weight excluding hydrogens is 388 g/mol. The van der Waals surface area contributed by atoms with Crippen LogP contribution in [-0.4, -0.2) is 82.6 Å². The van der Waals surface area contributed by atoms with Crippen molar-refractivity contribution in [3.05, 3.63) is 23.8 Å². The van der Waals surface area contributed by atoms with E-state index in [1.165, 1.54) is 39.4 Å². The van der Waals surface area contributed by atoms with Crippen LogP contribution in [0.25, 0.3) is 0 Å². The van der Waals surface area contributed by atoms with E-state index in [0.29, 0.717) is 13.1 Å². The summed E-state index contributed by atoms with van der Waals surface area (Å²) in [7, 11) is 0.269. The molecule has 2 atom stereocenters. The summed E-state index contributed by atoms with van der Waals surface area (Å²) in [4.78, 5) is 26.1. The van der Waals surface area contributed by atoms with E-state index in [9.17, 15) is 18.0 Å². The van der Waals surface area contributed by atoms with Gasteiger partial charge in [-0.25, -0.2) is 17.5 Å². The van der Waals surface area contributed by atoms with Crippen LogP contribution in [0.5, 0.6) is 5.75 Å². The Morgan fingerprint density at radius 3 is 2.36 bits per heavy atom. The summed E-state index contributed by atoms with van der Waals surface area (Å²) in [6.45, 7) is 4.15. The lowest BCUT2D eigenvalue weighted by atomic mass is 10.2. The molecule has 1 aliphatic rings. The normalized spacial score (nSPS) is 20.1. The molecule has 0 N–H and O–H groups in total. The third-order valence-corrected chi connectivity index (χ3v) is 6.09. The lowest BCUT2D eigenvalue weighted by molar-refractivity contribution is -0.146. The number of carbonyl (C=O) groups excluding carboxylic acids is 2. The molecule has 0 saturated carbocycles. The number of nitrogens with zero attached hydrogens (tertiary/aromatic N) is 2. The van der Waals surface area contributed by atoms with Gasteiger partial charge in [-0.2, -0.15) is 0 Å². The summed E-state index contributed by atoms with van der Waals surface area (Å²) in [5.74, 6) is -1.01. The molecule has 10 heteroatoms. The minimum atomic E-state index is -3.82. The van der Waals surface area contributed by atoms with Gasteiger partial charge in [0, 0.05) is 27.2 Å². The van der Waals surface area contributed by atoms with Crippen LogP contribution in [0.3, 0.4) is 0 Å². The predicted octanol–water partition coefficient (Wildman–Crippen LogP) is 0.738. The molecule has 1 fully saturated rings. The van der Waals surface area contributed by atoms with Gasteiger partial charge in [0.2, 0.25) is 10.0 Å². The highest BCUT2D eigenvalue weighted by Crippen LogP contribution is 2.27. The summed E-state index contributed by atoms with van der Waals surface area (Å²) < 4.78 is 41.7. The number of methoxy groups -OCH3 is 1. The second kappa shape index (κ2) is 8.89. The highest BCUT2D eigenvalue weighted by atomic mass is 32.2. The summed E-state index contributed by atoms with van der Waals surface area (Å²) in [5.41, 5.74) is 0.0118. The number of ether oxygens (including phenoxy) is 3. The topological polar surface area (TPSA) is 102 Å². The zero-order chi connectivity index (χ0) is 21.1. The van der Waals surface area contributed by atoms with E-state index in [-0.39, 0.29) is 34.3 Å². The molecule has 1 aromatic carbocycles. The van der Waals surface area contributed by atoms with Crippen LogP contribution in [0.1, 0.15) is 24.2 Å². The van der Waals surface area contributed by atoms with E-state index in [1.54, 1.807) is 4.90 Å². The molecule has 1 heterocycles. The van der Waals surface area contributed by atoms with Crippen molar-refractivity contribution in [3.8, 4) is 5.75 Å². The number of rotatable bonds is 6. The van der Waals surface area contributed by atoms with Crippen LogP contribution in [0.2, 0.25) is 0 Å². The van der Waals surface area contributed by atoms with Gasteiger partial charge < -0.3 is 19.1 Å². The molecular formula is C18H26N2O7S. The number of morpholine rings is 1. The number of hydrogen-bond donors (Lipinski definition) is 0. The minimum absolute atomic E-state index is 0.0118. The monoisotopic (exact) mass is 414 g/mol. The average Bonchev–Trinajstić information content (AvgIpc) is 2.64. The Bertz CT molecular complexity index is 828. The van der Waals surface area contributed by atoms with Crippen molar-refractivity contribution >= 4 is 21.9 Å². The van der Waals surface area contributed by atoms with E-state index in [1.807, 2.05) is 13.8 Å². The molecule has 0 radical (unpaired) electrons. The second-order valence-corrected chi connectivity index (χ2v) is 8.91. The first kappa shape index (κ1) is 22.1. The van der Waals surface area contributed by atoms with Gasteiger partial charge in [-0.05, 0) is 32.0 Å². The van der Waals surface area contributed by atoms with Crippen LogP contribution < -0.4 is 4.74 Å². The van der Waals surface area contributed by atoms with Crippen molar-refractivity contribution in [2.75, 3.05) is 40.9 Å². The molecule has 1 aromatic rings. The first-order chi connectivity index (χ1) is 13.1. The smallest absolute Gasteiger partial charge is 0.338 e. The zero-order valence-electron chi connectivity index (χ0n) is 16.7. The van der Waals surface area contributed by atoms with Crippen LogP contribution in [0.4, 0.5) is 0 Å². The van der Waals surface area contributed by atoms with Gasteiger partial charge >= 0.3 is 5.97 Å². The van der Waals surface area contributed by atoms with Gasteiger partial charge in [0.25, 0.3) is 5.91 Å². The number of benzene rings is 1. The fourth-order valence-electron chi connectivity index (χ4n) is 2.89. The lowest BCUT2D eigenvalue weighted by Gasteiger charge is -2.35. The molecule has 28 heavy (non-hydrogen) atoms. The molecule has 1 saturated heterocycles. The summed E-state index contributed by atoms with van der Waals surface area (Å²) >= 11 is 0. The van der Waals surface area contributed by atoms with Crippen LogP contribution in [0, 0.1) is 0 Å². The third kappa shape index (κ3) is 5.00. The first-order valence-corrected chi connectivity index (χ1v) is 10.2. The number of hydrogen-bond acceptors (Lipinski definition) is 7. The highest BCUT2D eigenvalue weighted by molar-refractivity contribution is 7.89. The molecule has 2 rings (SSSR count). The maximum atomic E-state index is 12.4. The summed E-state index contributed by atoms with van der Waals surface area (Å²) in [6.07, 6.45) is -0.187. The number of sulfonamides is 1. The Hall–Kier alpha value is -2.17. The third-order valence-electron chi connectivity index (χ3n) is 4.26. The standard InChI is InChI=1S/C18H26N2O7S/c1-12-9-20(10-13(2)27-12)17(21)11-26-18(22)14-6-7-15(25-5)16(8-14)28(23,24)19(3)4/h6-8,12-13H,9-11H2,1-5H3/t12-,13-/m1/s1. The second-order valence-electron chi connectivity index (χ2n) is 6.79. The average molecular weight is 414 g/mol. The number of esters is 1. The van der Waals surface area contributed by atoms with E-state index >= 15 is 0 Å². The maximum Gasteiger partial charge on any atom is 0.338 e. The fourth-order valence-corrected chi connectivity index (χ4v) is 3.96. The van der Waals surface area contributed by atoms with Crippen molar-refractivity contribution in [1.29, 1.82) is 0 Å². The van der Waals surface area contributed by atoms with Gasteiger partial charge in [-0.3, -0.25) is 4.79 Å². The molecule has 0 unspecified atom stereocenters. The quantitative estimate of drug-likeness (QED) is 0.633. The molecule has 0 bridgehead atoms. The maximum absolute atomic E-state index is 12.4. The Morgan fingerprint density at radius 1 is 1.21 bits per heavy atom. The highest BCUT2D eigenvalue weighted by Gasteiger charge is 2.27. The molecule has 9 nitrogen and oxygen atoms in total. The van der Waals surface area contributed by atoms with Gasteiger partial charge in [-0.15, -0.1) is 0 Å². The Morgan fingerprint density at radius 2 is 1.82 bits per heavy atom. The Balaban J connectivity index is 2.11. The van der Waals surface area contributed by atoms with Crippen molar-refractivity contribution in [3.63, 3.8) is 0 Å². The van der Waals surface area contributed by atoms with E-state index in [4.69, 9.17) is 14.2 Å². The summed E-state index contributed by atoms with van der Waals surface area (Å²) in [6, 6.07) is 3.94. The molecule has 1 aliphatic heterocycles. The Kier molecular flexibility index (Phi) is 7.02. The lowest BCUT2D eigenvalue weighted by Crippen LogP contribution is -2.49. The number of carbonyl (C=O) groups is 2. The Labute approximate surface area is 165 Å². The van der Waals surface area contributed by atoms with Crippen molar-refractivity contribution in [2.24, 2.45) is 0 Å². The predicted molar refractivity (Wildman–Crippen MR) is 101 cm³/mol. The van der Waals surface area contributed by atoms with Gasteiger partial charge in [0.15, 0.2) is 6.61 Å². The van der Waals surface area contributed by atoms with Crippen LogP contribution in [-0.2, 0) is 24.3 Å². The molecule has 1 amide bonds. The number of amides is 1. The van der Waals surface area contributed by atoms with Gasteiger partial charge in [0.05, 0.1) is 24.9 Å². The van der Waals surface area contributed by atoms with E-state index in [2.05, 4.69) is 0 Å². The van der Waals surface area contributed by atoms with Crippen molar-refractivity contribution in [1.82, 2.24) is 9.21 Å². The molecule has 156 valence electrons. The molecule has 0 aliphatic carbocycles. The zero-order valence-corrected chi connectivity index (χ0v) is 17.5. The molecule has 0 spiro atoms. The van der Waals surface area contributed by atoms with Gasteiger partial charge in [0.1, 0.15) is 10.6 Å². The summed E-state index contributed by atoms with van der Waals surface area (Å²) in [5, 5.41) is 0. The van der Waals surface area contributed by atoms with Crippen LogP contribution in [0.15, 0.2) is 23.1 Å². The van der Waals surface area contributed by atoms with E-state index in [0.717, 1.165) is 4.31 Å². The van der Waals surface area contributed by atoms with Crippen LogP contribution >= 0.6 is 0 Å².